The van der Waals surface area contributed by atoms with Gasteiger partial charge in [-0.25, -0.2) is 8.42 Å². The number of rotatable bonds is 5. The van der Waals surface area contributed by atoms with Crippen molar-refractivity contribution >= 4 is 15.7 Å². The molecule has 0 atom stereocenters. The van der Waals surface area contributed by atoms with Gasteiger partial charge in [-0.1, -0.05) is 0 Å². The average Bonchev–Trinajstić information content (AvgIpc) is 3.13. The summed E-state index contributed by atoms with van der Waals surface area (Å²) in [6.07, 6.45) is 7.50. The molecule has 6 nitrogen and oxygen atoms in total. The molecule has 0 spiro atoms. The molecule has 1 aliphatic rings. The molecular formula is C14H17N3O3S. The van der Waals surface area contributed by atoms with E-state index in [9.17, 15) is 8.42 Å². The Morgan fingerprint density at radius 2 is 1.90 bits per heavy atom. The Balaban J connectivity index is 1.67. The Labute approximate surface area is 123 Å². The van der Waals surface area contributed by atoms with Crippen molar-refractivity contribution in [1.29, 1.82) is 0 Å². The lowest BCUT2D eigenvalue weighted by molar-refractivity contribution is 0.210. The number of nitrogens with zero attached hydrogens (tertiary/aromatic N) is 1. The van der Waals surface area contributed by atoms with Crippen LogP contribution in [-0.2, 0) is 10.0 Å². The van der Waals surface area contributed by atoms with Crippen LogP contribution < -0.4 is 9.46 Å². The van der Waals surface area contributed by atoms with E-state index in [1.54, 1.807) is 24.3 Å². The Morgan fingerprint density at radius 3 is 2.52 bits per heavy atom. The molecule has 1 aliphatic carbocycles. The van der Waals surface area contributed by atoms with E-state index in [1.165, 1.54) is 25.2 Å². The number of aromatic nitrogens is 2. The maximum Gasteiger partial charge on any atom is 0.265 e. The average molecular weight is 307 g/mol. The number of H-pyrrole nitrogens is 1. The predicted molar refractivity (Wildman–Crippen MR) is 78.7 cm³/mol. The molecule has 1 heterocycles. The van der Waals surface area contributed by atoms with Crippen molar-refractivity contribution in [2.45, 2.75) is 36.7 Å². The van der Waals surface area contributed by atoms with Crippen molar-refractivity contribution in [3.8, 4) is 5.75 Å². The van der Waals surface area contributed by atoms with Gasteiger partial charge in [0, 0.05) is 11.9 Å². The van der Waals surface area contributed by atoms with Gasteiger partial charge in [0.05, 0.1) is 12.3 Å². The van der Waals surface area contributed by atoms with E-state index in [-0.39, 0.29) is 4.90 Å². The molecule has 3 rings (SSSR count). The minimum absolute atomic E-state index is 0.105. The molecule has 2 aromatic rings. The van der Waals surface area contributed by atoms with Gasteiger partial charge in [-0.3, -0.25) is 9.82 Å². The third kappa shape index (κ3) is 3.36. The number of aromatic amines is 1. The van der Waals surface area contributed by atoms with Gasteiger partial charge in [-0.15, -0.1) is 0 Å². The van der Waals surface area contributed by atoms with E-state index >= 15 is 0 Å². The molecule has 0 amide bonds. The summed E-state index contributed by atoms with van der Waals surface area (Å²) < 4.78 is 32.4. The van der Waals surface area contributed by atoms with E-state index in [0.717, 1.165) is 18.6 Å². The molecule has 1 aromatic carbocycles. The summed E-state index contributed by atoms with van der Waals surface area (Å²) in [6, 6.07) is 6.96. The third-order valence-corrected chi connectivity index (χ3v) is 4.84. The maximum atomic E-state index is 12.0. The van der Waals surface area contributed by atoms with Crippen LogP contribution in [0.5, 0.6) is 5.75 Å². The smallest absolute Gasteiger partial charge is 0.265 e. The third-order valence-electron chi connectivity index (χ3n) is 3.49. The van der Waals surface area contributed by atoms with Gasteiger partial charge in [0.25, 0.3) is 10.0 Å². The van der Waals surface area contributed by atoms with Gasteiger partial charge in [0.2, 0.25) is 0 Å². The summed E-state index contributed by atoms with van der Waals surface area (Å²) in [5, 5.41) is 6.12. The lowest BCUT2D eigenvalue weighted by Gasteiger charge is -2.13. The fourth-order valence-electron chi connectivity index (χ4n) is 2.40. The van der Waals surface area contributed by atoms with Crippen molar-refractivity contribution in [2.24, 2.45) is 0 Å². The van der Waals surface area contributed by atoms with Crippen LogP contribution in [0, 0.1) is 0 Å². The van der Waals surface area contributed by atoms with Crippen molar-refractivity contribution in [1.82, 2.24) is 10.2 Å². The molecule has 1 saturated carbocycles. The molecular weight excluding hydrogens is 290 g/mol. The minimum atomic E-state index is -3.59. The van der Waals surface area contributed by atoms with Crippen LogP contribution in [0.15, 0.2) is 41.6 Å². The fourth-order valence-corrected chi connectivity index (χ4v) is 3.36. The van der Waals surface area contributed by atoms with Crippen LogP contribution in [-0.4, -0.2) is 24.7 Å². The summed E-state index contributed by atoms with van der Waals surface area (Å²) in [5.41, 5.74) is 0.495. The number of sulfonamides is 1. The molecule has 1 aromatic heterocycles. The number of benzene rings is 1. The Kier molecular flexibility index (Phi) is 3.83. The summed E-state index contributed by atoms with van der Waals surface area (Å²) in [6.45, 7) is 0. The highest BCUT2D eigenvalue weighted by molar-refractivity contribution is 7.92. The first-order chi connectivity index (χ1) is 10.1. The van der Waals surface area contributed by atoms with E-state index in [0.29, 0.717) is 11.8 Å². The van der Waals surface area contributed by atoms with Crippen LogP contribution in [0.2, 0.25) is 0 Å². The first-order valence-electron chi connectivity index (χ1n) is 6.92. The van der Waals surface area contributed by atoms with Crippen LogP contribution in [0.1, 0.15) is 25.7 Å². The second-order valence-electron chi connectivity index (χ2n) is 5.09. The number of anilines is 1. The van der Waals surface area contributed by atoms with E-state index in [2.05, 4.69) is 14.9 Å². The van der Waals surface area contributed by atoms with Crippen molar-refractivity contribution in [2.75, 3.05) is 4.72 Å². The normalized spacial score (nSPS) is 16.0. The predicted octanol–water partition coefficient (Wildman–Crippen LogP) is 2.53. The number of hydrogen-bond donors (Lipinski definition) is 2. The molecule has 112 valence electrons. The molecule has 0 radical (unpaired) electrons. The van der Waals surface area contributed by atoms with Crippen molar-refractivity contribution < 1.29 is 13.2 Å². The number of hydrogen-bond acceptors (Lipinski definition) is 4. The zero-order valence-electron chi connectivity index (χ0n) is 11.5. The Morgan fingerprint density at radius 1 is 1.19 bits per heavy atom. The lowest BCUT2D eigenvalue weighted by Crippen LogP contribution is -2.13. The van der Waals surface area contributed by atoms with Crippen molar-refractivity contribution in [3.05, 3.63) is 36.7 Å². The fraction of sp³-hybridized carbons (Fsp3) is 0.357. The van der Waals surface area contributed by atoms with E-state index in [4.69, 9.17) is 4.74 Å². The second kappa shape index (κ2) is 5.77. The minimum Gasteiger partial charge on any atom is -0.490 e. The summed E-state index contributed by atoms with van der Waals surface area (Å²) >= 11 is 0. The van der Waals surface area contributed by atoms with Crippen LogP contribution >= 0.6 is 0 Å². The standard InChI is InChI=1S/C14H17N3O3S/c18-21(19,14-9-15-16-10-14)17-11-5-7-13(8-6-11)20-12-3-1-2-4-12/h5-10,12,17H,1-4H2,(H,15,16). The zero-order valence-corrected chi connectivity index (χ0v) is 12.3. The van der Waals surface area contributed by atoms with Gasteiger partial charge in [-0.05, 0) is 49.9 Å². The Bertz CT molecular complexity index is 675. The van der Waals surface area contributed by atoms with Crippen LogP contribution in [0.3, 0.4) is 0 Å². The Hall–Kier alpha value is -2.02. The molecule has 0 bridgehead atoms. The summed E-state index contributed by atoms with van der Waals surface area (Å²) in [4.78, 5) is 0.105. The molecule has 2 N–H and O–H groups in total. The van der Waals surface area contributed by atoms with Crippen LogP contribution in [0.4, 0.5) is 5.69 Å². The first kappa shape index (κ1) is 13.9. The number of nitrogens with one attached hydrogen (secondary N) is 2. The molecule has 1 fully saturated rings. The first-order valence-corrected chi connectivity index (χ1v) is 8.40. The van der Waals surface area contributed by atoms with Gasteiger partial charge < -0.3 is 4.74 Å². The van der Waals surface area contributed by atoms with E-state index < -0.39 is 10.0 Å². The van der Waals surface area contributed by atoms with Crippen molar-refractivity contribution in [3.63, 3.8) is 0 Å². The SMILES string of the molecule is O=S(=O)(Nc1ccc(OC2CCCC2)cc1)c1cn[nH]c1. The molecule has 0 unspecified atom stereocenters. The molecule has 7 heteroatoms. The van der Waals surface area contributed by atoms with Gasteiger partial charge >= 0.3 is 0 Å². The largest absolute Gasteiger partial charge is 0.490 e. The second-order valence-corrected chi connectivity index (χ2v) is 6.77. The zero-order chi connectivity index (χ0) is 14.7. The lowest BCUT2D eigenvalue weighted by atomic mass is 10.3. The number of ether oxygens (including phenoxy) is 1. The van der Waals surface area contributed by atoms with E-state index in [1.807, 2.05) is 0 Å². The van der Waals surface area contributed by atoms with Gasteiger partial charge in [-0.2, -0.15) is 5.10 Å². The molecule has 0 aliphatic heterocycles. The summed E-state index contributed by atoms with van der Waals surface area (Å²) in [7, 11) is -3.59. The van der Waals surface area contributed by atoms with Crippen LogP contribution in [0.25, 0.3) is 0 Å². The highest BCUT2D eigenvalue weighted by Crippen LogP contribution is 2.25. The highest BCUT2D eigenvalue weighted by atomic mass is 32.2. The maximum absolute atomic E-state index is 12.0. The molecule has 0 saturated heterocycles. The quantitative estimate of drug-likeness (QED) is 0.889. The molecule has 21 heavy (non-hydrogen) atoms. The highest BCUT2D eigenvalue weighted by Gasteiger charge is 2.17. The van der Waals surface area contributed by atoms with Gasteiger partial charge in [0.1, 0.15) is 10.6 Å². The monoisotopic (exact) mass is 307 g/mol. The topological polar surface area (TPSA) is 84.1 Å². The summed E-state index contributed by atoms with van der Waals surface area (Å²) in [5.74, 6) is 0.771. The van der Waals surface area contributed by atoms with Gasteiger partial charge in [0.15, 0.2) is 0 Å².